The summed E-state index contributed by atoms with van der Waals surface area (Å²) in [5.74, 6) is 2.65. The molecule has 0 unspecified atom stereocenters. The van der Waals surface area contributed by atoms with Crippen LogP contribution in [-0.4, -0.2) is 20.8 Å². The van der Waals surface area contributed by atoms with Crippen LogP contribution in [0.1, 0.15) is 35.8 Å². The summed E-state index contributed by atoms with van der Waals surface area (Å²) in [4.78, 5) is 4.28. The van der Waals surface area contributed by atoms with Gasteiger partial charge >= 0.3 is 0 Å². The molecule has 0 saturated heterocycles. The van der Waals surface area contributed by atoms with Crippen LogP contribution < -0.4 is 5.32 Å². The summed E-state index contributed by atoms with van der Waals surface area (Å²) in [7, 11) is 0. The van der Waals surface area contributed by atoms with E-state index in [2.05, 4.69) is 21.5 Å². The van der Waals surface area contributed by atoms with Crippen LogP contribution in [0.15, 0.2) is 16.7 Å². The molecule has 96 valence electrons. The molecule has 1 N–H and O–H groups in total. The van der Waals surface area contributed by atoms with Gasteiger partial charge in [-0.3, -0.25) is 0 Å². The van der Waals surface area contributed by atoms with Crippen LogP contribution in [0, 0.1) is 13.8 Å². The fourth-order valence-corrected chi connectivity index (χ4v) is 2.01. The Kier molecular flexibility index (Phi) is 2.91. The van der Waals surface area contributed by atoms with E-state index in [4.69, 9.17) is 4.42 Å². The lowest BCUT2D eigenvalue weighted by Crippen LogP contribution is -2.14. The van der Waals surface area contributed by atoms with Crippen LogP contribution in [0.3, 0.4) is 0 Å². The molecule has 5 nitrogen and oxygen atoms in total. The molecule has 0 radical (unpaired) electrons. The van der Waals surface area contributed by atoms with E-state index in [0.717, 1.165) is 30.0 Å². The van der Waals surface area contributed by atoms with Crippen LogP contribution in [0.4, 0.5) is 0 Å². The quantitative estimate of drug-likeness (QED) is 0.874. The third-order valence-electron chi connectivity index (χ3n) is 3.15. The van der Waals surface area contributed by atoms with Crippen molar-refractivity contribution in [1.82, 2.24) is 20.1 Å². The molecule has 0 bridgehead atoms. The van der Waals surface area contributed by atoms with E-state index in [1.165, 1.54) is 18.4 Å². The smallest absolute Gasteiger partial charge is 0.147 e. The predicted octanol–water partition coefficient (Wildman–Crippen LogP) is 1.79. The number of rotatable bonds is 5. The van der Waals surface area contributed by atoms with Gasteiger partial charge in [0.2, 0.25) is 0 Å². The van der Waals surface area contributed by atoms with Crippen molar-refractivity contribution in [2.75, 3.05) is 0 Å². The van der Waals surface area contributed by atoms with Gasteiger partial charge in [-0.1, -0.05) is 0 Å². The predicted molar refractivity (Wildman–Crippen MR) is 67.2 cm³/mol. The fraction of sp³-hybridized carbons (Fsp3) is 0.538. The maximum Gasteiger partial charge on any atom is 0.147 e. The van der Waals surface area contributed by atoms with Gasteiger partial charge in [0.1, 0.15) is 24.0 Å². The molecule has 1 fully saturated rings. The van der Waals surface area contributed by atoms with Gasteiger partial charge in [0.15, 0.2) is 0 Å². The Bertz CT molecular complexity index is 539. The van der Waals surface area contributed by atoms with Gasteiger partial charge in [-0.05, 0) is 32.8 Å². The number of furan rings is 1. The molecular weight excluding hydrogens is 228 g/mol. The summed E-state index contributed by atoms with van der Waals surface area (Å²) >= 11 is 0. The van der Waals surface area contributed by atoms with Crippen molar-refractivity contribution >= 4 is 0 Å². The van der Waals surface area contributed by atoms with E-state index in [1.54, 1.807) is 0 Å². The molecule has 1 aliphatic carbocycles. The average Bonchev–Trinajstić information content (AvgIpc) is 2.97. The number of hydrogen-bond acceptors (Lipinski definition) is 4. The van der Waals surface area contributed by atoms with E-state index in [0.29, 0.717) is 6.54 Å². The van der Waals surface area contributed by atoms with Crippen LogP contribution >= 0.6 is 0 Å². The summed E-state index contributed by atoms with van der Waals surface area (Å²) in [6.45, 7) is 5.40. The fourth-order valence-electron chi connectivity index (χ4n) is 2.01. The zero-order valence-electron chi connectivity index (χ0n) is 10.8. The molecule has 2 aromatic heterocycles. The molecule has 2 aromatic rings. The van der Waals surface area contributed by atoms with Crippen molar-refractivity contribution in [1.29, 1.82) is 0 Å². The molecule has 0 amide bonds. The van der Waals surface area contributed by atoms with Crippen molar-refractivity contribution in [3.63, 3.8) is 0 Å². The van der Waals surface area contributed by atoms with Crippen molar-refractivity contribution in [3.8, 4) is 0 Å². The monoisotopic (exact) mass is 246 g/mol. The first-order chi connectivity index (χ1) is 8.70. The molecule has 0 atom stereocenters. The Balaban J connectivity index is 1.63. The second-order valence-electron chi connectivity index (χ2n) is 4.94. The lowest BCUT2D eigenvalue weighted by Gasteiger charge is -1.99. The second-order valence-corrected chi connectivity index (χ2v) is 4.94. The van der Waals surface area contributed by atoms with Crippen molar-refractivity contribution < 1.29 is 4.42 Å². The average molecular weight is 246 g/mol. The first-order valence-electron chi connectivity index (χ1n) is 6.38. The Morgan fingerprint density at radius 3 is 2.94 bits per heavy atom. The Hall–Kier alpha value is -1.62. The molecule has 1 saturated carbocycles. The van der Waals surface area contributed by atoms with Crippen LogP contribution in [-0.2, 0) is 13.1 Å². The third-order valence-corrected chi connectivity index (χ3v) is 3.15. The lowest BCUT2D eigenvalue weighted by molar-refractivity contribution is 0.473. The van der Waals surface area contributed by atoms with Gasteiger partial charge in [-0.15, -0.1) is 0 Å². The summed E-state index contributed by atoms with van der Waals surface area (Å²) in [6.07, 6.45) is 4.44. The first-order valence-corrected chi connectivity index (χ1v) is 6.38. The van der Waals surface area contributed by atoms with Crippen molar-refractivity contribution in [2.24, 2.45) is 0 Å². The zero-order chi connectivity index (χ0) is 12.5. The number of hydrogen-bond donors (Lipinski definition) is 1. The summed E-state index contributed by atoms with van der Waals surface area (Å²) in [6, 6.07) is 2.81. The molecular formula is C13H18N4O. The van der Waals surface area contributed by atoms with Gasteiger partial charge in [-0.25, -0.2) is 9.67 Å². The van der Waals surface area contributed by atoms with Crippen molar-refractivity contribution in [3.05, 3.63) is 35.3 Å². The molecule has 2 heterocycles. The van der Waals surface area contributed by atoms with E-state index in [9.17, 15) is 0 Å². The number of aromatic nitrogens is 3. The van der Waals surface area contributed by atoms with Gasteiger partial charge < -0.3 is 9.73 Å². The largest absolute Gasteiger partial charge is 0.467 e. The normalized spacial score (nSPS) is 15.2. The van der Waals surface area contributed by atoms with E-state index < -0.39 is 0 Å². The van der Waals surface area contributed by atoms with Crippen molar-refractivity contribution in [2.45, 2.75) is 45.8 Å². The minimum Gasteiger partial charge on any atom is -0.467 e. The topological polar surface area (TPSA) is 55.9 Å². The van der Waals surface area contributed by atoms with Gasteiger partial charge in [0.25, 0.3) is 0 Å². The van der Waals surface area contributed by atoms with E-state index in [-0.39, 0.29) is 0 Å². The lowest BCUT2D eigenvalue weighted by atomic mass is 10.3. The highest BCUT2D eigenvalue weighted by atomic mass is 16.3. The maximum atomic E-state index is 5.56. The second kappa shape index (κ2) is 4.57. The van der Waals surface area contributed by atoms with Crippen LogP contribution in [0.25, 0.3) is 0 Å². The Labute approximate surface area is 106 Å². The highest BCUT2D eigenvalue weighted by Gasteiger charge is 2.20. The number of nitrogens with zero attached hydrogens (tertiary/aromatic N) is 3. The van der Waals surface area contributed by atoms with Gasteiger partial charge in [-0.2, -0.15) is 5.10 Å². The standard InChI is InChI=1S/C13H18N4O/c1-9-15-10(2)17(16-9)7-13-5-11(8-18-13)6-14-12-3-4-12/h5,8,12,14H,3-4,6-7H2,1-2H3. The number of aryl methyl sites for hydroxylation is 2. The highest BCUT2D eigenvalue weighted by Crippen LogP contribution is 2.19. The van der Waals surface area contributed by atoms with Gasteiger partial charge in [0, 0.05) is 18.2 Å². The van der Waals surface area contributed by atoms with E-state index in [1.807, 2.05) is 24.8 Å². The summed E-state index contributed by atoms with van der Waals surface area (Å²) < 4.78 is 7.42. The Morgan fingerprint density at radius 2 is 2.28 bits per heavy atom. The third kappa shape index (κ3) is 2.61. The van der Waals surface area contributed by atoms with Gasteiger partial charge in [0.05, 0.1) is 6.26 Å². The SMILES string of the molecule is Cc1nc(C)n(Cc2cc(CNC3CC3)co2)n1. The van der Waals surface area contributed by atoms with Crippen LogP contribution in [0.5, 0.6) is 0 Å². The highest BCUT2D eigenvalue weighted by molar-refractivity contribution is 5.13. The van der Waals surface area contributed by atoms with E-state index >= 15 is 0 Å². The van der Waals surface area contributed by atoms with Crippen LogP contribution in [0.2, 0.25) is 0 Å². The molecule has 3 rings (SSSR count). The summed E-state index contributed by atoms with van der Waals surface area (Å²) in [5, 5.41) is 7.80. The zero-order valence-corrected chi connectivity index (χ0v) is 10.8. The summed E-state index contributed by atoms with van der Waals surface area (Å²) in [5.41, 5.74) is 1.20. The minimum absolute atomic E-state index is 0.649. The molecule has 18 heavy (non-hydrogen) atoms. The minimum atomic E-state index is 0.649. The maximum absolute atomic E-state index is 5.56. The first kappa shape index (κ1) is 11.5. The molecule has 5 heteroatoms. The Morgan fingerprint density at radius 1 is 1.44 bits per heavy atom. The molecule has 1 aliphatic rings. The molecule has 0 spiro atoms. The number of nitrogens with one attached hydrogen (secondary N) is 1. The molecule has 0 aliphatic heterocycles. The molecule has 0 aromatic carbocycles.